The number of nitrogens with zero attached hydrogens (tertiary/aromatic N) is 3. The number of nitrogens with one attached hydrogen (secondary N) is 1. The monoisotopic (exact) mass is 498 g/mol. The first-order valence-electron chi connectivity index (χ1n) is 11.0. The third-order valence-electron chi connectivity index (χ3n) is 5.36. The van der Waals surface area contributed by atoms with Gasteiger partial charge in [0.1, 0.15) is 11.6 Å². The molecule has 34 heavy (non-hydrogen) atoms. The lowest BCUT2D eigenvalue weighted by molar-refractivity contribution is -0.115. The van der Waals surface area contributed by atoms with Crippen LogP contribution in [0.1, 0.15) is 35.9 Å². The van der Waals surface area contributed by atoms with Crippen LogP contribution in [0.3, 0.4) is 0 Å². The van der Waals surface area contributed by atoms with E-state index in [4.69, 9.17) is 0 Å². The fraction of sp³-hybridized carbons (Fsp3) is 0.320. The number of thioether (sulfide) groups is 1. The maximum atomic E-state index is 13.1. The fourth-order valence-electron chi connectivity index (χ4n) is 3.74. The molecule has 180 valence electrons. The van der Waals surface area contributed by atoms with Crippen molar-refractivity contribution in [1.29, 1.82) is 0 Å². The lowest BCUT2D eigenvalue weighted by atomic mass is 10.0. The summed E-state index contributed by atoms with van der Waals surface area (Å²) in [6.45, 7) is 12.0. The van der Waals surface area contributed by atoms with Crippen LogP contribution in [0.5, 0.6) is 0 Å². The van der Waals surface area contributed by atoms with Gasteiger partial charge in [-0.15, -0.1) is 16.8 Å². The van der Waals surface area contributed by atoms with Crippen molar-refractivity contribution in [1.82, 2.24) is 14.8 Å². The first-order chi connectivity index (χ1) is 16.2. The van der Waals surface area contributed by atoms with Crippen molar-refractivity contribution in [2.24, 2.45) is 0 Å². The van der Waals surface area contributed by atoms with Gasteiger partial charge in [0.2, 0.25) is 5.91 Å². The van der Waals surface area contributed by atoms with Crippen LogP contribution in [0.25, 0.3) is 0 Å². The molecule has 1 N–H and O–H groups in total. The Morgan fingerprint density at radius 1 is 1.15 bits per heavy atom. The predicted molar refractivity (Wildman–Crippen MR) is 137 cm³/mol. The number of carbonyl (C=O) groups excluding carboxylic acids is 1. The molecular weight excluding hydrogens is 468 g/mol. The molecule has 1 amide bonds. The van der Waals surface area contributed by atoms with Crippen molar-refractivity contribution < 1.29 is 13.2 Å². The second kappa shape index (κ2) is 11.0. The lowest BCUT2D eigenvalue weighted by Crippen LogP contribution is -2.26. The molecule has 1 heterocycles. The molecule has 9 heteroatoms. The molecule has 1 atom stereocenters. The summed E-state index contributed by atoms with van der Waals surface area (Å²) < 4.78 is 27.4. The van der Waals surface area contributed by atoms with E-state index in [1.54, 1.807) is 41.0 Å². The van der Waals surface area contributed by atoms with Gasteiger partial charge in [0.25, 0.3) is 0 Å². The van der Waals surface area contributed by atoms with Crippen LogP contribution in [-0.2, 0) is 26.9 Å². The Morgan fingerprint density at radius 2 is 1.79 bits per heavy atom. The van der Waals surface area contributed by atoms with E-state index in [9.17, 15) is 13.2 Å². The molecule has 0 aliphatic carbocycles. The topological polar surface area (TPSA) is 93.9 Å². The maximum Gasteiger partial charge on any atom is 0.237 e. The highest BCUT2D eigenvalue weighted by molar-refractivity contribution is 8.00. The molecule has 0 aliphatic heterocycles. The predicted octanol–water partition coefficient (Wildman–Crippen LogP) is 4.87. The van der Waals surface area contributed by atoms with E-state index in [-0.39, 0.29) is 16.6 Å². The quantitative estimate of drug-likeness (QED) is 0.317. The summed E-state index contributed by atoms with van der Waals surface area (Å²) in [5, 5.41) is 11.5. The normalized spacial score (nSPS) is 12.4. The van der Waals surface area contributed by atoms with Crippen molar-refractivity contribution in [2.45, 2.75) is 61.7 Å². The van der Waals surface area contributed by atoms with E-state index >= 15 is 0 Å². The molecule has 7 nitrogen and oxygen atoms in total. The zero-order chi connectivity index (χ0) is 24.9. The number of sulfone groups is 1. The number of rotatable bonds is 10. The highest BCUT2D eigenvalue weighted by Crippen LogP contribution is 2.29. The Hall–Kier alpha value is -2.91. The Bertz CT molecular complexity index is 1260. The maximum absolute atomic E-state index is 13.1. The molecule has 0 radical (unpaired) electrons. The van der Waals surface area contributed by atoms with Gasteiger partial charge < -0.3 is 9.88 Å². The van der Waals surface area contributed by atoms with Gasteiger partial charge in [0.15, 0.2) is 15.0 Å². The molecule has 0 bridgehead atoms. The van der Waals surface area contributed by atoms with Crippen LogP contribution in [0, 0.1) is 20.8 Å². The van der Waals surface area contributed by atoms with E-state index in [1.807, 2.05) is 39.8 Å². The molecule has 0 fully saturated rings. The van der Waals surface area contributed by atoms with Gasteiger partial charge >= 0.3 is 0 Å². The Morgan fingerprint density at radius 3 is 2.38 bits per heavy atom. The van der Waals surface area contributed by atoms with Crippen molar-refractivity contribution in [2.75, 3.05) is 5.32 Å². The third kappa shape index (κ3) is 5.95. The minimum atomic E-state index is -3.59. The average Bonchev–Trinajstić information content (AvgIpc) is 3.15. The van der Waals surface area contributed by atoms with Crippen molar-refractivity contribution in [3.8, 4) is 0 Å². The number of carbonyl (C=O) groups is 1. The number of anilines is 1. The Kier molecular flexibility index (Phi) is 8.33. The summed E-state index contributed by atoms with van der Waals surface area (Å²) in [5.74, 6) is -0.107. The van der Waals surface area contributed by atoms with Crippen LogP contribution in [-0.4, -0.2) is 34.3 Å². The van der Waals surface area contributed by atoms with Crippen molar-refractivity contribution in [3.63, 3.8) is 0 Å². The molecule has 0 saturated carbocycles. The summed E-state index contributed by atoms with van der Waals surface area (Å²) in [6.07, 6.45) is 2.23. The van der Waals surface area contributed by atoms with Crippen LogP contribution in [0.2, 0.25) is 0 Å². The molecule has 1 unspecified atom stereocenters. The van der Waals surface area contributed by atoms with E-state index in [2.05, 4.69) is 22.1 Å². The van der Waals surface area contributed by atoms with Crippen molar-refractivity contribution >= 4 is 33.2 Å². The van der Waals surface area contributed by atoms with Crippen LogP contribution in [0.4, 0.5) is 5.69 Å². The highest BCUT2D eigenvalue weighted by atomic mass is 32.2. The molecule has 2 aromatic carbocycles. The smallest absolute Gasteiger partial charge is 0.237 e. The molecule has 0 spiro atoms. The zero-order valence-corrected chi connectivity index (χ0v) is 21.5. The van der Waals surface area contributed by atoms with Gasteiger partial charge in [-0.3, -0.25) is 4.79 Å². The number of aromatic nitrogens is 3. The van der Waals surface area contributed by atoms with Crippen molar-refractivity contribution in [3.05, 3.63) is 77.6 Å². The number of hydrogen-bond acceptors (Lipinski definition) is 6. The zero-order valence-electron chi connectivity index (χ0n) is 19.9. The molecule has 0 aliphatic rings. The number of allylic oxidation sites excluding steroid dienone is 1. The molecule has 3 aromatic rings. The van der Waals surface area contributed by atoms with E-state index in [1.165, 1.54) is 11.8 Å². The minimum Gasteiger partial charge on any atom is -0.325 e. The van der Waals surface area contributed by atoms with Gasteiger partial charge in [-0.2, -0.15) is 0 Å². The third-order valence-corrected chi connectivity index (χ3v) is 8.34. The molecule has 1 aromatic heterocycles. The van der Waals surface area contributed by atoms with Gasteiger partial charge in [0, 0.05) is 12.2 Å². The van der Waals surface area contributed by atoms with Gasteiger partial charge in [0.05, 0.1) is 10.1 Å². The Balaban J connectivity index is 1.83. The van der Waals surface area contributed by atoms with E-state index in [0.717, 1.165) is 22.4 Å². The molecular formula is C25H30N4O3S2. The van der Waals surface area contributed by atoms with Crippen LogP contribution in [0.15, 0.2) is 65.2 Å². The summed E-state index contributed by atoms with van der Waals surface area (Å²) in [6, 6.07) is 12.3. The van der Waals surface area contributed by atoms with Crippen LogP contribution >= 0.6 is 11.8 Å². The van der Waals surface area contributed by atoms with E-state index < -0.39 is 15.1 Å². The largest absolute Gasteiger partial charge is 0.325 e. The number of hydrogen-bond donors (Lipinski definition) is 1. The Labute approximate surface area is 205 Å². The molecule has 3 rings (SSSR count). The van der Waals surface area contributed by atoms with Gasteiger partial charge in [-0.1, -0.05) is 60.7 Å². The van der Waals surface area contributed by atoms with E-state index in [0.29, 0.717) is 23.9 Å². The second-order valence-electron chi connectivity index (χ2n) is 8.15. The molecule has 0 saturated heterocycles. The lowest BCUT2D eigenvalue weighted by Gasteiger charge is -2.18. The van der Waals surface area contributed by atoms with Gasteiger partial charge in [-0.25, -0.2) is 8.42 Å². The number of benzene rings is 2. The summed E-state index contributed by atoms with van der Waals surface area (Å²) in [5.41, 5.74) is 3.98. The number of amides is 1. The SMILES string of the molecule is C=CCn1c(CS(=O)(=O)c2ccccc2)nnc1SC(CC)C(=O)Nc1c(C)cc(C)cc1C. The minimum absolute atomic E-state index is 0.130. The first-order valence-corrected chi connectivity index (χ1v) is 13.6. The summed E-state index contributed by atoms with van der Waals surface area (Å²) >= 11 is 1.27. The standard InChI is InChI=1S/C25H30N4O3S2/c1-6-13-29-22(16-34(31,32)20-11-9-8-10-12-20)27-28-25(29)33-21(7-2)24(30)26-23-18(4)14-17(3)15-19(23)5/h6,8-12,14-15,21H,1,7,13,16H2,2-5H3,(H,26,30). The first kappa shape index (κ1) is 25.7. The van der Waals surface area contributed by atoms with Gasteiger partial charge in [-0.05, 0) is 50.5 Å². The average molecular weight is 499 g/mol. The highest BCUT2D eigenvalue weighted by Gasteiger charge is 2.25. The fourth-order valence-corrected chi connectivity index (χ4v) is 6.01. The summed E-state index contributed by atoms with van der Waals surface area (Å²) in [4.78, 5) is 13.4. The number of aryl methyl sites for hydroxylation is 3. The second-order valence-corrected chi connectivity index (χ2v) is 11.3. The summed E-state index contributed by atoms with van der Waals surface area (Å²) in [7, 11) is -3.59. The van der Waals surface area contributed by atoms with Crippen LogP contribution < -0.4 is 5.32 Å².